The van der Waals surface area contributed by atoms with Crippen LogP contribution in [0.4, 0.5) is 4.39 Å². The summed E-state index contributed by atoms with van der Waals surface area (Å²) in [6, 6.07) is 4.06. The van der Waals surface area contributed by atoms with Gasteiger partial charge in [0.1, 0.15) is 11.9 Å². The quantitative estimate of drug-likeness (QED) is 0.839. The highest BCUT2D eigenvalue weighted by molar-refractivity contribution is 6.30. The third-order valence-electron chi connectivity index (χ3n) is 1.83. The summed E-state index contributed by atoms with van der Waals surface area (Å²) in [4.78, 5) is 11.1. The predicted octanol–water partition coefficient (Wildman–Crippen LogP) is 1.97. The van der Waals surface area contributed by atoms with Crippen LogP contribution >= 0.6 is 11.6 Å². The summed E-state index contributed by atoms with van der Waals surface area (Å²) >= 11 is 5.53. The summed E-state index contributed by atoms with van der Waals surface area (Å²) in [5.74, 6) is -0.826. The van der Waals surface area contributed by atoms with Crippen molar-refractivity contribution in [2.24, 2.45) is 0 Å². The van der Waals surface area contributed by atoms with Crippen LogP contribution in [0.25, 0.3) is 0 Å². The van der Waals surface area contributed by atoms with Crippen molar-refractivity contribution in [1.29, 1.82) is 0 Å². The van der Waals surface area contributed by atoms with Crippen LogP contribution in [0.1, 0.15) is 12.5 Å². The van der Waals surface area contributed by atoms with Gasteiger partial charge < -0.3 is 5.11 Å². The van der Waals surface area contributed by atoms with Gasteiger partial charge in [-0.15, -0.1) is 0 Å². The third-order valence-corrected chi connectivity index (χ3v) is 2.12. The van der Waals surface area contributed by atoms with E-state index in [0.29, 0.717) is 5.56 Å². The van der Waals surface area contributed by atoms with E-state index < -0.39 is 11.9 Å². The molecular weight excluding hydrogens is 207 g/mol. The van der Waals surface area contributed by atoms with Gasteiger partial charge in [0, 0.05) is 6.42 Å². The lowest BCUT2D eigenvalue weighted by Crippen LogP contribution is -2.18. The normalized spacial score (nSPS) is 12.6. The van der Waals surface area contributed by atoms with Crippen LogP contribution in [0.2, 0.25) is 5.02 Å². The summed E-state index contributed by atoms with van der Waals surface area (Å²) in [6.45, 7) is 1.40. The van der Waals surface area contributed by atoms with E-state index in [4.69, 9.17) is 16.7 Å². The molecule has 0 aliphatic heterocycles. The van der Waals surface area contributed by atoms with Crippen LogP contribution in [-0.4, -0.2) is 17.0 Å². The minimum Gasteiger partial charge on any atom is -0.386 e. The zero-order valence-corrected chi connectivity index (χ0v) is 8.38. The minimum atomic E-state index is -1.00. The summed E-state index contributed by atoms with van der Waals surface area (Å²) in [6.07, 6.45) is -0.934. The molecule has 0 saturated heterocycles. The van der Waals surface area contributed by atoms with Gasteiger partial charge in [-0.25, -0.2) is 4.39 Å². The molecule has 14 heavy (non-hydrogen) atoms. The van der Waals surface area contributed by atoms with E-state index >= 15 is 0 Å². The van der Waals surface area contributed by atoms with Crippen molar-refractivity contribution in [3.05, 3.63) is 34.6 Å². The van der Waals surface area contributed by atoms with Gasteiger partial charge >= 0.3 is 0 Å². The van der Waals surface area contributed by atoms with E-state index in [0.717, 1.165) is 0 Å². The summed E-state index contributed by atoms with van der Waals surface area (Å²) in [5.41, 5.74) is 0.599. The van der Waals surface area contributed by atoms with Crippen molar-refractivity contribution in [1.82, 2.24) is 0 Å². The molecule has 4 heteroatoms. The molecule has 0 aliphatic rings. The molecule has 0 aromatic heterocycles. The lowest BCUT2D eigenvalue weighted by Gasteiger charge is -2.04. The second kappa shape index (κ2) is 4.53. The lowest BCUT2D eigenvalue weighted by atomic mass is 10.1. The highest BCUT2D eigenvalue weighted by Gasteiger charge is 2.10. The maximum Gasteiger partial charge on any atom is 0.165 e. The van der Waals surface area contributed by atoms with E-state index in [2.05, 4.69) is 0 Å². The number of halogens is 2. The van der Waals surface area contributed by atoms with E-state index in [1.807, 2.05) is 0 Å². The van der Waals surface area contributed by atoms with Gasteiger partial charge in [-0.1, -0.05) is 17.7 Å². The molecular formula is C10H10ClFO2. The highest BCUT2D eigenvalue weighted by Crippen LogP contribution is 2.16. The average molecular weight is 217 g/mol. The fourth-order valence-corrected chi connectivity index (χ4v) is 1.20. The van der Waals surface area contributed by atoms with Crippen molar-refractivity contribution in [2.75, 3.05) is 0 Å². The van der Waals surface area contributed by atoms with Gasteiger partial charge in [0.2, 0.25) is 0 Å². The second-order valence-electron chi connectivity index (χ2n) is 3.07. The molecule has 1 atom stereocenters. The smallest absolute Gasteiger partial charge is 0.165 e. The van der Waals surface area contributed by atoms with Crippen LogP contribution in [0, 0.1) is 5.82 Å². The molecule has 0 spiro atoms. The monoisotopic (exact) mass is 216 g/mol. The maximum atomic E-state index is 12.7. The molecule has 1 rings (SSSR count). The highest BCUT2D eigenvalue weighted by atomic mass is 35.5. The summed E-state index contributed by atoms with van der Waals surface area (Å²) in [7, 11) is 0. The first-order valence-electron chi connectivity index (χ1n) is 4.15. The van der Waals surface area contributed by atoms with Gasteiger partial charge in [-0.3, -0.25) is 4.79 Å². The van der Waals surface area contributed by atoms with E-state index in [-0.39, 0.29) is 17.2 Å². The molecule has 0 saturated carbocycles. The van der Waals surface area contributed by atoms with Crippen LogP contribution in [-0.2, 0) is 11.2 Å². The molecule has 0 heterocycles. The van der Waals surface area contributed by atoms with E-state index in [1.54, 1.807) is 0 Å². The number of Topliss-reactive ketones (excluding diaryl/α,β-unsaturated/α-hetero) is 1. The van der Waals surface area contributed by atoms with Gasteiger partial charge in [0.25, 0.3) is 0 Å². The Kier molecular flexibility index (Phi) is 3.61. The van der Waals surface area contributed by atoms with Gasteiger partial charge in [0.15, 0.2) is 5.78 Å². The van der Waals surface area contributed by atoms with Crippen LogP contribution in [0.5, 0.6) is 0 Å². The fraction of sp³-hybridized carbons (Fsp3) is 0.300. The topological polar surface area (TPSA) is 37.3 Å². The zero-order valence-electron chi connectivity index (χ0n) is 7.63. The number of aliphatic hydroxyl groups is 1. The Hall–Kier alpha value is -0.930. The van der Waals surface area contributed by atoms with Gasteiger partial charge in [-0.2, -0.15) is 0 Å². The molecule has 1 aromatic rings. The predicted molar refractivity (Wildman–Crippen MR) is 51.8 cm³/mol. The third kappa shape index (κ3) is 2.79. The Labute approximate surface area is 86.3 Å². The first-order chi connectivity index (χ1) is 6.50. The number of carbonyl (C=O) groups excluding carboxylic acids is 1. The number of rotatable bonds is 3. The fourth-order valence-electron chi connectivity index (χ4n) is 0.998. The van der Waals surface area contributed by atoms with E-state index in [1.165, 1.54) is 25.1 Å². The Morgan fingerprint density at radius 1 is 1.64 bits per heavy atom. The first kappa shape index (κ1) is 11.1. The molecule has 1 aromatic carbocycles. The number of hydrogen-bond donors (Lipinski definition) is 1. The molecule has 0 radical (unpaired) electrons. The summed E-state index contributed by atoms with van der Waals surface area (Å²) < 4.78 is 12.7. The van der Waals surface area contributed by atoms with Gasteiger partial charge in [-0.05, 0) is 24.6 Å². The molecule has 0 bridgehead atoms. The molecule has 0 fully saturated rings. The zero-order chi connectivity index (χ0) is 10.7. The Morgan fingerprint density at radius 3 is 2.79 bits per heavy atom. The molecule has 0 aliphatic carbocycles. The van der Waals surface area contributed by atoms with Crippen molar-refractivity contribution in [3.63, 3.8) is 0 Å². The Bertz CT molecular complexity index is 350. The van der Waals surface area contributed by atoms with E-state index in [9.17, 15) is 9.18 Å². The molecule has 0 amide bonds. The molecule has 1 unspecified atom stereocenters. The van der Waals surface area contributed by atoms with Gasteiger partial charge in [0.05, 0.1) is 5.02 Å². The summed E-state index contributed by atoms with van der Waals surface area (Å²) in [5, 5.41) is 8.94. The largest absolute Gasteiger partial charge is 0.386 e. The lowest BCUT2D eigenvalue weighted by molar-refractivity contribution is -0.125. The number of ketones is 1. The molecule has 76 valence electrons. The van der Waals surface area contributed by atoms with Crippen molar-refractivity contribution in [3.8, 4) is 0 Å². The number of carbonyl (C=O) groups is 1. The number of hydrogen-bond acceptors (Lipinski definition) is 2. The first-order valence-corrected chi connectivity index (χ1v) is 4.53. The van der Waals surface area contributed by atoms with Crippen LogP contribution < -0.4 is 0 Å². The van der Waals surface area contributed by atoms with Crippen molar-refractivity contribution >= 4 is 17.4 Å². The standard InChI is InChI=1S/C10H10ClFO2/c1-6(13)10(14)5-7-2-3-9(12)8(11)4-7/h2-4,6,13H,5H2,1H3. The Morgan fingerprint density at radius 2 is 2.29 bits per heavy atom. The van der Waals surface area contributed by atoms with Crippen molar-refractivity contribution < 1.29 is 14.3 Å². The van der Waals surface area contributed by atoms with Crippen molar-refractivity contribution in [2.45, 2.75) is 19.4 Å². The SMILES string of the molecule is CC(O)C(=O)Cc1ccc(F)c(Cl)c1. The number of aliphatic hydroxyl groups excluding tert-OH is 1. The molecule has 2 nitrogen and oxygen atoms in total. The minimum absolute atomic E-state index is 0.0131. The second-order valence-corrected chi connectivity index (χ2v) is 3.47. The number of benzene rings is 1. The maximum absolute atomic E-state index is 12.7. The van der Waals surface area contributed by atoms with Crippen LogP contribution in [0.3, 0.4) is 0 Å². The average Bonchev–Trinajstić information content (AvgIpc) is 2.11. The van der Waals surface area contributed by atoms with Crippen LogP contribution in [0.15, 0.2) is 18.2 Å². The molecule has 1 N–H and O–H groups in total. The Balaban J connectivity index is 2.78.